The Balaban J connectivity index is 2.17. The van der Waals surface area contributed by atoms with Gasteiger partial charge in [0.2, 0.25) is 0 Å². The molecule has 0 spiro atoms. The van der Waals surface area contributed by atoms with Gasteiger partial charge in [0.15, 0.2) is 0 Å². The number of rotatable bonds is 6. The van der Waals surface area contributed by atoms with Crippen molar-refractivity contribution in [1.29, 1.82) is 0 Å². The summed E-state index contributed by atoms with van der Waals surface area (Å²) in [6.07, 6.45) is -2.48. The van der Waals surface area contributed by atoms with Gasteiger partial charge in [0.05, 0.1) is 19.1 Å². The molecule has 0 atom stereocenters. The number of alkyl halides is 2. The molecule has 0 aliphatic heterocycles. The van der Waals surface area contributed by atoms with E-state index in [0.717, 1.165) is 16.7 Å². The number of halogens is 2. The van der Waals surface area contributed by atoms with E-state index >= 15 is 0 Å². The molecule has 0 fully saturated rings. The third-order valence-corrected chi connectivity index (χ3v) is 3.46. The number of methoxy groups -OCH3 is 1. The van der Waals surface area contributed by atoms with Crippen LogP contribution in [0.1, 0.15) is 28.7 Å². The van der Waals surface area contributed by atoms with Crippen LogP contribution in [0.5, 0.6) is 5.75 Å². The van der Waals surface area contributed by atoms with Gasteiger partial charge in [-0.3, -0.25) is 4.79 Å². The second kappa shape index (κ2) is 7.72. The highest BCUT2D eigenvalue weighted by Crippen LogP contribution is 2.30. The molecule has 0 saturated heterocycles. The van der Waals surface area contributed by atoms with Crippen LogP contribution in [0, 0.1) is 6.92 Å². The molecular weight excluding hydrogens is 302 g/mol. The van der Waals surface area contributed by atoms with Gasteiger partial charge < -0.3 is 9.47 Å². The maximum Gasteiger partial charge on any atom is 0.309 e. The summed E-state index contributed by atoms with van der Waals surface area (Å²) >= 11 is 0. The van der Waals surface area contributed by atoms with E-state index in [9.17, 15) is 13.6 Å². The van der Waals surface area contributed by atoms with Crippen LogP contribution in [0.4, 0.5) is 8.78 Å². The van der Waals surface area contributed by atoms with Crippen molar-refractivity contribution in [3.63, 3.8) is 0 Å². The molecule has 0 aromatic heterocycles. The lowest BCUT2D eigenvalue weighted by atomic mass is 10.1. The molecule has 0 amide bonds. The van der Waals surface area contributed by atoms with E-state index in [2.05, 4.69) is 4.74 Å². The number of carbonyl (C=O) groups excluding carboxylic acids is 1. The number of carbonyl (C=O) groups is 1. The third kappa shape index (κ3) is 4.52. The summed E-state index contributed by atoms with van der Waals surface area (Å²) in [5.74, 6) is -0.209. The summed E-state index contributed by atoms with van der Waals surface area (Å²) < 4.78 is 36.4. The second-order valence-electron chi connectivity index (χ2n) is 5.15. The molecule has 0 unspecified atom stereocenters. The van der Waals surface area contributed by atoms with Crippen LogP contribution >= 0.6 is 0 Å². The highest BCUT2D eigenvalue weighted by Gasteiger charge is 2.15. The first-order valence-electron chi connectivity index (χ1n) is 7.16. The van der Waals surface area contributed by atoms with Gasteiger partial charge in [-0.15, -0.1) is 0 Å². The molecule has 122 valence electrons. The Kier molecular flexibility index (Phi) is 5.68. The molecule has 0 radical (unpaired) electrons. The molecule has 5 heteroatoms. The molecule has 0 heterocycles. The molecule has 0 aliphatic carbocycles. The summed E-state index contributed by atoms with van der Waals surface area (Å²) in [6, 6.07) is 11.9. The average molecular weight is 320 g/mol. The zero-order valence-corrected chi connectivity index (χ0v) is 13.0. The lowest BCUT2D eigenvalue weighted by Gasteiger charge is -2.14. The molecular formula is C18H18F2O3. The Morgan fingerprint density at radius 3 is 2.48 bits per heavy atom. The Hall–Kier alpha value is -2.43. The van der Waals surface area contributed by atoms with Gasteiger partial charge in [-0.1, -0.05) is 35.9 Å². The van der Waals surface area contributed by atoms with Crippen LogP contribution in [-0.2, 0) is 22.6 Å². The quantitative estimate of drug-likeness (QED) is 0.747. The summed E-state index contributed by atoms with van der Waals surface area (Å²) in [5, 5.41) is 0. The van der Waals surface area contributed by atoms with Gasteiger partial charge in [-0.25, -0.2) is 8.78 Å². The van der Waals surface area contributed by atoms with Crippen LogP contribution < -0.4 is 4.74 Å². The zero-order chi connectivity index (χ0) is 16.8. The van der Waals surface area contributed by atoms with Crippen molar-refractivity contribution in [2.75, 3.05) is 7.11 Å². The van der Waals surface area contributed by atoms with Crippen molar-refractivity contribution in [2.24, 2.45) is 0 Å². The molecule has 0 N–H and O–H groups in total. The van der Waals surface area contributed by atoms with Crippen LogP contribution in [0.3, 0.4) is 0 Å². The van der Waals surface area contributed by atoms with E-state index < -0.39 is 6.43 Å². The topological polar surface area (TPSA) is 35.5 Å². The van der Waals surface area contributed by atoms with Crippen molar-refractivity contribution in [1.82, 2.24) is 0 Å². The predicted molar refractivity (Wildman–Crippen MR) is 82.6 cm³/mol. The summed E-state index contributed by atoms with van der Waals surface area (Å²) in [5.41, 5.74) is 2.14. The van der Waals surface area contributed by atoms with Crippen LogP contribution in [-0.4, -0.2) is 13.1 Å². The molecule has 0 bridgehead atoms. The molecule has 2 aromatic carbocycles. The molecule has 0 saturated carbocycles. The first-order chi connectivity index (χ1) is 11.0. The van der Waals surface area contributed by atoms with E-state index in [1.807, 2.05) is 6.07 Å². The molecule has 2 rings (SSSR count). The van der Waals surface area contributed by atoms with E-state index in [1.54, 1.807) is 37.3 Å². The smallest absolute Gasteiger partial charge is 0.309 e. The first kappa shape index (κ1) is 16.9. The number of hydrogen-bond acceptors (Lipinski definition) is 3. The van der Waals surface area contributed by atoms with Gasteiger partial charge >= 0.3 is 5.97 Å². The summed E-state index contributed by atoms with van der Waals surface area (Å²) in [4.78, 5) is 11.4. The molecule has 0 aliphatic rings. The minimum Gasteiger partial charge on any atom is -0.488 e. The van der Waals surface area contributed by atoms with Crippen molar-refractivity contribution in [3.05, 3.63) is 64.7 Å². The van der Waals surface area contributed by atoms with Crippen molar-refractivity contribution >= 4 is 5.97 Å². The molecule has 3 nitrogen and oxygen atoms in total. The van der Waals surface area contributed by atoms with Crippen molar-refractivity contribution < 1.29 is 23.0 Å². The lowest BCUT2D eigenvalue weighted by molar-refractivity contribution is -0.139. The largest absolute Gasteiger partial charge is 0.488 e. The predicted octanol–water partition coefficient (Wildman–Crippen LogP) is 4.23. The SMILES string of the molecule is COC(=O)Cc1ccccc1COc1ccc(C)cc1C(F)F. The number of hydrogen-bond donors (Lipinski definition) is 0. The van der Waals surface area contributed by atoms with Crippen LogP contribution in [0.25, 0.3) is 0 Å². The maximum absolute atomic E-state index is 13.1. The fourth-order valence-corrected chi connectivity index (χ4v) is 2.22. The number of esters is 1. The van der Waals surface area contributed by atoms with E-state index in [0.29, 0.717) is 0 Å². The number of benzene rings is 2. The van der Waals surface area contributed by atoms with Gasteiger partial charge in [0, 0.05) is 0 Å². The second-order valence-corrected chi connectivity index (χ2v) is 5.15. The highest BCUT2D eigenvalue weighted by atomic mass is 19.3. The third-order valence-electron chi connectivity index (χ3n) is 3.46. The van der Waals surface area contributed by atoms with Crippen LogP contribution in [0.2, 0.25) is 0 Å². The van der Waals surface area contributed by atoms with Crippen molar-refractivity contribution in [3.8, 4) is 5.75 Å². The fraction of sp³-hybridized carbons (Fsp3) is 0.278. The van der Waals surface area contributed by atoms with E-state index in [4.69, 9.17) is 4.74 Å². The number of ether oxygens (including phenoxy) is 2. The minimum atomic E-state index is -2.60. The van der Waals surface area contributed by atoms with Gasteiger partial charge in [-0.2, -0.15) is 0 Å². The number of aryl methyl sites for hydroxylation is 1. The van der Waals surface area contributed by atoms with Gasteiger partial charge in [0.25, 0.3) is 6.43 Å². The van der Waals surface area contributed by atoms with Gasteiger partial charge in [0.1, 0.15) is 12.4 Å². The fourth-order valence-electron chi connectivity index (χ4n) is 2.22. The van der Waals surface area contributed by atoms with Crippen molar-refractivity contribution in [2.45, 2.75) is 26.4 Å². The Morgan fingerprint density at radius 1 is 1.13 bits per heavy atom. The lowest BCUT2D eigenvalue weighted by Crippen LogP contribution is -2.08. The van der Waals surface area contributed by atoms with E-state index in [1.165, 1.54) is 13.2 Å². The van der Waals surface area contributed by atoms with E-state index in [-0.39, 0.29) is 30.3 Å². The van der Waals surface area contributed by atoms with Gasteiger partial charge in [-0.05, 0) is 30.2 Å². The minimum absolute atomic E-state index is 0.107. The zero-order valence-electron chi connectivity index (χ0n) is 13.0. The monoisotopic (exact) mass is 320 g/mol. The standard InChI is InChI=1S/C18H18F2O3/c1-12-7-8-16(15(9-12)18(19)20)23-11-14-6-4-3-5-13(14)10-17(21)22-2/h3-9,18H,10-11H2,1-2H3. The summed E-state index contributed by atoms with van der Waals surface area (Å²) in [7, 11) is 1.32. The van der Waals surface area contributed by atoms with Crippen LogP contribution in [0.15, 0.2) is 42.5 Å². The normalized spacial score (nSPS) is 10.7. The Bertz CT molecular complexity index is 684. The Labute approximate surface area is 133 Å². The Morgan fingerprint density at radius 2 is 1.83 bits per heavy atom. The first-order valence-corrected chi connectivity index (χ1v) is 7.16. The highest BCUT2D eigenvalue weighted by molar-refractivity contribution is 5.72. The summed E-state index contributed by atoms with van der Waals surface area (Å²) in [6.45, 7) is 1.86. The maximum atomic E-state index is 13.1. The molecule has 23 heavy (non-hydrogen) atoms. The molecule has 2 aromatic rings. The average Bonchev–Trinajstić information content (AvgIpc) is 2.54.